The van der Waals surface area contributed by atoms with Crippen molar-refractivity contribution in [1.82, 2.24) is 4.98 Å². The Kier molecular flexibility index (Phi) is 2.66. The summed E-state index contributed by atoms with van der Waals surface area (Å²) in [7, 11) is 0. The predicted octanol–water partition coefficient (Wildman–Crippen LogP) is 1.71. The van der Waals surface area contributed by atoms with Crippen LogP contribution < -0.4 is 5.73 Å². The van der Waals surface area contributed by atoms with Crippen LogP contribution in [0.3, 0.4) is 0 Å². The molecule has 2 aromatic heterocycles. The number of aliphatic hydroxyl groups is 1. The number of furan rings is 1. The van der Waals surface area contributed by atoms with Crippen molar-refractivity contribution in [3.8, 4) is 0 Å². The predicted molar refractivity (Wildman–Crippen MR) is 60.6 cm³/mol. The topological polar surface area (TPSA) is 72.3 Å². The number of nitrogens with two attached hydrogens (primary N) is 1. The molecule has 0 aromatic carbocycles. The van der Waals surface area contributed by atoms with Gasteiger partial charge >= 0.3 is 0 Å². The highest BCUT2D eigenvalue weighted by Gasteiger charge is 2.25. The lowest BCUT2D eigenvalue weighted by atomic mass is 9.91. The summed E-state index contributed by atoms with van der Waals surface area (Å²) in [4.78, 5) is 3.99. The molecule has 0 aliphatic rings. The fourth-order valence-electron chi connectivity index (χ4n) is 1.64. The molecule has 4 nitrogen and oxygen atoms in total. The number of nitrogens with zero attached hydrogens (tertiary/aromatic N) is 1. The molecule has 0 radical (unpaired) electrons. The Balaban J connectivity index is 2.25. The van der Waals surface area contributed by atoms with Crippen LogP contribution in [0.5, 0.6) is 0 Å². The Bertz CT molecular complexity index is 464. The number of hydrogen-bond donors (Lipinski definition) is 2. The average molecular weight is 218 g/mol. The van der Waals surface area contributed by atoms with Gasteiger partial charge in [-0.15, -0.1) is 0 Å². The zero-order valence-corrected chi connectivity index (χ0v) is 9.05. The van der Waals surface area contributed by atoms with Gasteiger partial charge in [0.2, 0.25) is 0 Å². The number of pyridine rings is 1. The SMILES string of the molecule is CC(O)(Cc1cccnc1N)c1ccoc1. The first-order chi connectivity index (χ1) is 7.59. The summed E-state index contributed by atoms with van der Waals surface area (Å²) in [6.45, 7) is 1.73. The molecule has 16 heavy (non-hydrogen) atoms. The van der Waals surface area contributed by atoms with E-state index in [1.165, 1.54) is 12.5 Å². The molecule has 84 valence electrons. The quantitative estimate of drug-likeness (QED) is 0.822. The summed E-state index contributed by atoms with van der Waals surface area (Å²) in [6, 6.07) is 5.40. The van der Waals surface area contributed by atoms with Gasteiger partial charge in [-0.2, -0.15) is 0 Å². The zero-order chi connectivity index (χ0) is 11.6. The lowest BCUT2D eigenvalue weighted by Crippen LogP contribution is -2.24. The summed E-state index contributed by atoms with van der Waals surface area (Å²) < 4.78 is 4.96. The second-order valence-electron chi connectivity index (χ2n) is 4.01. The minimum atomic E-state index is -0.996. The first-order valence-corrected chi connectivity index (χ1v) is 5.04. The van der Waals surface area contributed by atoms with Crippen LogP contribution >= 0.6 is 0 Å². The molecule has 2 aromatic rings. The standard InChI is InChI=1S/C12H14N2O2/c1-12(15,10-4-6-16-8-10)7-9-3-2-5-14-11(9)13/h2-6,8,15H,7H2,1H3,(H2,13,14). The van der Waals surface area contributed by atoms with Gasteiger partial charge in [0, 0.05) is 18.2 Å². The van der Waals surface area contributed by atoms with E-state index in [9.17, 15) is 5.11 Å². The number of nitrogen functional groups attached to an aromatic ring is 1. The summed E-state index contributed by atoms with van der Waals surface area (Å²) in [5, 5.41) is 10.3. The maximum Gasteiger partial charge on any atom is 0.126 e. The van der Waals surface area contributed by atoms with Gasteiger partial charge < -0.3 is 15.3 Å². The van der Waals surface area contributed by atoms with E-state index < -0.39 is 5.60 Å². The molecule has 0 saturated heterocycles. The van der Waals surface area contributed by atoms with Gasteiger partial charge in [-0.1, -0.05) is 6.07 Å². The van der Waals surface area contributed by atoms with E-state index in [0.717, 1.165) is 11.1 Å². The molecule has 0 spiro atoms. The maximum atomic E-state index is 10.3. The molecule has 0 saturated carbocycles. The second kappa shape index (κ2) is 3.98. The fraction of sp³-hybridized carbons (Fsp3) is 0.250. The average Bonchev–Trinajstić information content (AvgIpc) is 2.75. The van der Waals surface area contributed by atoms with Gasteiger partial charge in [-0.25, -0.2) is 4.98 Å². The van der Waals surface area contributed by atoms with Crippen LogP contribution in [0.25, 0.3) is 0 Å². The Morgan fingerprint density at radius 1 is 1.50 bits per heavy atom. The highest BCUT2D eigenvalue weighted by Crippen LogP contribution is 2.26. The third-order valence-electron chi connectivity index (χ3n) is 2.60. The van der Waals surface area contributed by atoms with E-state index in [1.807, 2.05) is 6.07 Å². The van der Waals surface area contributed by atoms with Crippen molar-refractivity contribution in [2.75, 3.05) is 5.73 Å². The first-order valence-electron chi connectivity index (χ1n) is 5.04. The Hall–Kier alpha value is -1.81. The van der Waals surface area contributed by atoms with Crippen LogP contribution in [0.2, 0.25) is 0 Å². The van der Waals surface area contributed by atoms with E-state index in [2.05, 4.69) is 4.98 Å². The van der Waals surface area contributed by atoms with E-state index in [-0.39, 0.29) is 0 Å². The van der Waals surface area contributed by atoms with Crippen LogP contribution in [0.4, 0.5) is 5.82 Å². The molecule has 0 fully saturated rings. The van der Waals surface area contributed by atoms with E-state index >= 15 is 0 Å². The molecule has 1 atom stereocenters. The zero-order valence-electron chi connectivity index (χ0n) is 9.05. The van der Waals surface area contributed by atoms with E-state index in [1.54, 1.807) is 25.3 Å². The van der Waals surface area contributed by atoms with E-state index in [0.29, 0.717) is 12.2 Å². The van der Waals surface area contributed by atoms with Crippen LogP contribution in [0.15, 0.2) is 41.3 Å². The molecular formula is C12H14N2O2. The normalized spacial score (nSPS) is 14.6. The molecular weight excluding hydrogens is 204 g/mol. The molecule has 0 aliphatic heterocycles. The van der Waals surface area contributed by atoms with Crippen LogP contribution in [-0.2, 0) is 12.0 Å². The van der Waals surface area contributed by atoms with Crippen LogP contribution in [0, 0.1) is 0 Å². The van der Waals surface area contributed by atoms with Crippen molar-refractivity contribution >= 4 is 5.82 Å². The summed E-state index contributed by atoms with van der Waals surface area (Å²) in [5.41, 5.74) is 6.30. The van der Waals surface area contributed by atoms with Crippen molar-refractivity contribution in [1.29, 1.82) is 0 Å². The van der Waals surface area contributed by atoms with Crippen molar-refractivity contribution < 1.29 is 9.52 Å². The Morgan fingerprint density at radius 3 is 2.94 bits per heavy atom. The van der Waals surface area contributed by atoms with Gasteiger partial charge in [0.1, 0.15) is 5.82 Å². The van der Waals surface area contributed by atoms with Crippen LogP contribution in [-0.4, -0.2) is 10.1 Å². The molecule has 4 heteroatoms. The monoisotopic (exact) mass is 218 g/mol. The lowest BCUT2D eigenvalue weighted by molar-refractivity contribution is 0.0571. The molecule has 0 bridgehead atoms. The molecule has 0 amide bonds. The molecule has 1 unspecified atom stereocenters. The lowest BCUT2D eigenvalue weighted by Gasteiger charge is -2.22. The number of rotatable bonds is 3. The minimum absolute atomic E-state index is 0.409. The molecule has 2 rings (SSSR count). The fourth-order valence-corrected chi connectivity index (χ4v) is 1.64. The maximum absolute atomic E-state index is 10.3. The van der Waals surface area contributed by atoms with Crippen molar-refractivity contribution in [2.24, 2.45) is 0 Å². The largest absolute Gasteiger partial charge is 0.472 e. The van der Waals surface area contributed by atoms with E-state index in [4.69, 9.17) is 10.2 Å². The summed E-state index contributed by atoms with van der Waals surface area (Å²) in [6.07, 6.45) is 5.11. The van der Waals surface area contributed by atoms with Crippen molar-refractivity contribution in [3.63, 3.8) is 0 Å². The summed E-state index contributed by atoms with van der Waals surface area (Å²) in [5.74, 6) is 0.450. The first kappa shape index (κ1) is 10.7. The van der Waals surface area contributed by atoms with Crippen molar-refractivity contribution in [2.45, 2.75) is 18.9 Å². The van der Waals surface area contributed by atoms with Gasteiger partial charge in [0.05, 0.1) is 18.1 Å². The number of aromatic nitrogens is 1. The number of anilines is 1. The highest BCUT2D eigenvalue weighted by molar-refractivity contribution is 5.40. The molecule has 0 aliphatic carbocycles. The van der Waals surface area contributed by atoms with Gasteiger partial charge in [0.15, 0.2) is 0 Å². The van der Waals surface area contributed by atoms with Gasteiger partial charge in [0.25, 0.3) is 0 Å². The Labute approximate surface area is 93.7 Å². The second-order valence-corrected chi connectivity index (χ2v) is 4.01. The van der Waals surface area contributed by atoms with Gasteiger partial charge in [-0.05, 0) is 24.6 Å². The van der Waals surface area contributed by atoms with Gasteiger partial charge in [-0.3, -0.25) is 0 Å². The van der Waals surface area contributed by atoms with Crippen molar-refractivity contribution in [3.05, 3.63) is 48.0 Å². The Morgan fingerprint density at radius 2 is 2.31 bits per heavy atom. The molecule has 3 N–H and O–H groups in total. The highest BCUT2D eigenvalue weighted by atomic mass is 16.3. The molecule has 2 heterocycles. The van der Waals surface area contributed by atoms with Crippen LogP contribution in [0.1, 0.15) is 18.1 Å². The minimum Gasteiger partial charge on any atom is -0.472 e. The third kappa shape index (κ3) is 2.06. The summed E-state index contributed by atoms with van der Waals surface area (Å²) >= 11 is 0. The number of hydrogen-bond acceptors (Lipinski definition) is 4. The smallest absolute Gasteiger partial charge is 0.126 e. The third-order valence-corrected chi connectivity index (χ3v) is 2.60.